The number of thiazole rings is 1. The van der Waals surface area contributed by atoms with Crippen molar-refractivity contribution in [2.24, 2.45) is 0 Å². The number of benzene rings is 1. The zero-order valence-corrected chi connectivity index (χ0v) is 9.72. The molecule has 17 heavy (non-hydrogen) atoms. The van der Waals surface area contributed by atoms with Crippen LogP contribution in [0.2, 0.25) is 0 Å². The van der Waals surface area contributed by atoms with E-state index in [1.165, 1.54) is 23.5 Å². The molecule has 0 aliphatic carbocycles. The summed E-state index contributed by atoms with van der Waals surface area (Å²) in [5.41, 5.74) is 0.917. The summed E-state index contributed by atoms with van der Waals surface area (Å²) in [6, 6.07) is 6.23. The Morgan fingerprint density at radius 3 is 2.59 bits per heavy atom. The number of carboxylic acid groups (broad SMARTS) is 1. The molecule has 2 aromatic rings. The van der Waals surface area contributed by atoms with Crippen LogP contribution >= 0.6 is 11.3 Å². The highest BCUT2D eigenvalue weighted by Crippen LogP contribution is 2.19. The minimum Gasteiger partial charge on any atom is -0.478 e. The van der Waals surface area contributed by atoms with Crippen molar-refractivity contribution in [1.82, 2.24) is 4.98 Å². The second kappa shape index (κ2) is 5.07. The minimum absolute atomic E-state index is 0.218. The van der Waals surface area contributed by atoms with Gasteiger partial charge < -0.3 is 10.2 Å². The number of aliphatic hydroxyl groups excluding tert-OH is 1. The summed E-state index contributed by atoms with van der Waals surface area (Å²) in [6.45, 7) is 0. The normalized spacial score (nSPS) is 12.3. The van der Waals surface area contributed by atoms with Crippen molar-refractivity contribution in [2.45, 2.75) is 12.5 Å². The van der Waals surface area contributed by atoms with Crippen LogP contribution in [0.4, 0.5) is 0 Å². The van der Waals surface area contributed by atoms with Crippen molar-refractivity contribution in [2.75, 3.05) is 0 Å². The smallest absolute Gasteiger partial charge is 0.335 e. The number of carboxylic acids is 1. The van der Waals surface area contributed by atoms with Crippen molar-refractivity contribution >= 4 is 17.3 Å². The highest BCUT2D eigenvalue weighted by molar-refractivity contribution is 7.09. The van der Waals surface area contributed by atoms with E-state index in [2.05, 4.69) is 4.98 Å². The Morgan fingerprint density at radius 1 is 1.35 bits per heavy atom. The van der Waals surface area contributed by atoms with Crippen molar-refractivity contribution in [1.29, 1.82) is 0 Å². The highest BCUT2D eigenvalue weighted by Gasteiger charge is 2.11. The van der Waals surface area contributed by atoms with Crippen LogP contribution in [0.5, 0.6) is 0 Å². The van der Waals surface area contributed by atoms with Crippen LogP contribution < -0.4 is 0 Å². The summed E-state index contributed by atoms with van der Waals surface area (Å²) < 4.78 is 0. The largest absolute Gasteiger partial charge is 0.478 e. The Labute approximate surface area is 102 Å². The third kappa shape index (κ3) is 2.89. The molecule has 88 valence electrons. The number of aliphatic hydroxyl groups is 1. The van der Waals surface area contributed by atoms with Gasteiger partial charge in [-0.05, 0) is 17.7 Å². The molecule has 0 fully saturated rings. The highest BCUT2D eigenvalue weighted by atomic mass is 32.1. The molecule has 2 rings (SSSR count). The molecule has 0 aliphatic rings. The Bertz CT molecular complexity index is 493. The first-order valence-electron chi connectivity index (χ1n) is 5.06. The molecule has 0 aliphatic heterocycles. The first kappa shape index (κ1) is 11.8. The molecule has 1 aromatic heterocycles. The first-order valence-corrected chi connectivity index (χ1v) is 5.94. The second-order valence-electron chi connectivity index (χ2n) is 3.57. The van der Waals surface area contributed by atoms with Crippen LogP contribution in [0.3, 0.4) is 0 Å². The molecule has 0 spiro atoms. The number of carbonyl (C=O) groups is 1. The monoisotopic (exact) mass is 249 g/mol. The van der Waals surface area contributed by atoms with E-state index in [1.54, 1.807) is 18.3 Å². The molecular formula is C12H11NO3S. The van der Waals surface area contributed by atoms with Gasteiger partial charge >= 0.3 is 5.97 Å². The molecular weight excluding hydrogens is 238 g/mol. The van der Waals surface area contributed by atoms with Crippen LogP contribution in [0, 0.1) is 0 Å². The third-order valence-electron chi connectivity index (χ3n) is 2.39. The van der Waals surface area contributed by atoms with Gasteiger partial charge in [-0.3, -0.25) is 0 Å². The lowest BCUT2D eigenvalue weighted by molar-refractivity contribution is 0.0696. The molecule has 0 amide bonds. The maximum Gasteiger partial charge on any atom is 0.335 e. The molecule has 1 atom stereocenters. The van der Waals surface area contributed by atoms with Gasteiger partial charge in [0, 0.05) is 18.0 Å². The summed E-state index contributed by atoms with van der Waals surface area (Å²) in [5.74, 6) is -0.967. The molecule has 0 radical (unpaired) electrons. The number of hydrogen-bond acceptors (Lipinski definition) is 4. The lowest BCUT2D eigenvalue weighted by Gasteiger charge is -2.09. The maximum atomic E-state index is 10.7. The summed E-state index contributed by atoms with van der Waals surface area (Å²) in [4.78, 5) is 14.8. The van der Waals surface area contributed by atoms with E-state index < -0.39 is 12.1 Å². The van der Waals surface area contributed by atoms with Crippen LogP contribution in [0.15, 0.2) is 35.8 Å². The Morgan fingerprint density at radius 2 is 2.06 bits per heavy atom. The lowest BCUT2D eigenvalue weighted by atomic mass is 10.0. The summed E-state index contributed by atoms with van der Waals surface area (Å²) in [6.07, 6.45) is 1.49. The summed E-state index contributed by atoms with van der Waals surface area (Å²) >= 11 is 1.49. The quantitative estimate of drug-likeness (QED) is 0.870. The van der Waals surface area contributed by atoms with Crippen molar-refractivity contribution in [3.63, 3.8) is 0 Å². The van der Waals surface area contributed by atoms with Gasteiger partial charge in [-0.1, -0.05) is 12.1 Å². The van der Waals surface area contributed by atoms with Gasteiger partial charge in [0.1, 0.15) is 0 Å². The third-order valence-corrected chi connectivity index (χ3v) is 3.20. The zero-order valence-electron chi connectivity index (χ0n) is 8.91. The average molecular weight is 249 g/mol. The average Bonchev–Trinajstić information content (AvgIpc) is 2.82. The van der Waals surface area contributed by atoms with Gasteiger partial charge in [-0.2, -0.15) is 0 Å². The maximum absolute atomic E-state index is 10.7. The fourth-order valence-electron chi connectivity index (χ4n) is 1.48. The second-order valence-corrected chi connectivity index (χ2v) is 4.55. The Balaban J connectivity index is 2.09. The molecule has 0 saturated carbocycles. The van der Waals surface area contributed by atoms with E-state index in [0.717, 1.165) is 5.01 Å². The summed E-state index contributed by atoms with van der Waals surface area (Å²) in [5, 5.41) is 21.4. The minimum atomic E-state index is -0.967. The van der Waals surface area contributed by atoms with E-state index in [-0.39, 0.29) is 5.56 Å². The molecule has 1 unspecified atom stereocenters. The topological polar surface area (TPSA) is 70.4 Å². The predicted octanol–water partition coefficient (Wildman–Crippen LogP) is 2.12. The van der Waals surface area contributed by atoms with Crippen LogP contribution in [-0.4, -0.2) is 21.2 Å². The SMILES string of the molecule is O=C(O)c1ccc(C(O)Cc2nccs2)cc1. The summed E-state index contributed by atoms with van der Waals surface area (Å²) in [7, 11) is 0. The van der Waals surface area contributed by atoms with Gasteiger partial charge in [-0.15, -0.1) is 11.3 Å². The van der Waals surface area contributed by atoms with Gasteiger partial charge in [-0.25, -0.2) is 9.78 Å². The van der Waals surface area contributed by atoms with Crippen LogP contribution in [-0.2, 0) is 6.42 Å². The fourth-order valence-corrected chi connectivity index (χ4v) is 2.14. The van der Waals surface area contributed by atoms with Crippen molar-refractivity contribution < 1.29 is 15.0 Å². The van der Waals surface area contributed by atoms with E-state index in [4.69, 9.17) is 5.11 Å². The van der Waals surface area contributed by atoms with Gasteiger partial charge in [0.15, 0.2) is 0 Å². The standard InChI is InChI=1S/C12H11NO3S/c14-10(7-11-13-5-6-17-11)8-1-3-9(4-2-8)12(15)16/h1-6,10,14H,7H2,(H,15,16). The van der Waals surface area contributed by atoms with Crippen LogP contribution in [0.25, 0.3) is 0 Å². The van der Waals surface area contributed by atoms with Gasteiger partial charge in [0.2, 0.25) is 0 Å². The first-order chi connectivity index (χ1) is 8.16. The predicted molar refractivity (Wildman–Crippen MR) is 64.2 cm³/mol. The van der Waals surface area contributed by atoms with E-state index in [9.17, 15) is 9.90 Å². The van der Waals surface area contributed by atoms with E-state index in [1.807, 2.05) is 5.38 Å². The molecule has 1 aromatic carbocycles. The van der Waals surface area contributed by atoms with Crippen molar-refractivity contribution in [3.05, 3.63) is 52.0 Å². The molecule has 0 bridgehead atoms. The number of aromatic carboxylic acids is 1. The number of aromatic nitrogens is 1. The van der Waals surface area contributed by atoms with Gasteiger partial charge in [0.25, 0.3) is 0 Å². The Hall–Kier alpha value is -1.72. The molecule has 5 heteroatoms. The fraction of sp³-hybridized carbons (Fsp3) is 0.167. The number of nitrogens with zero attached hydrogens (tertiary/aromatic N) is 1. The number of hydrogen-bond donors (Lipinski definition) is 2. The molecule has 0 saturated heterocycles. The number of rotatable bonds is 4. The van der Waals surface area contributed by atoms with Crippen molar-refractivity contribution in [3.8, 4) is 0 Å². The lowest BCUT2D eigenvalue weighted by Crippen LogP contribution is -2.03. The van der Waals surface area contributed by atoms with Crippen LogP contribution in [0.1, 0.15) is 27.0 Å². The molecule has 2 N–H and O–H groups in total. The molecule has 1 heterocycles. The Kier molecular flexibility index (Phi) is 3.51. The molecule has 4 nitrogen and oxygen atoms in total. The van der Waals surface area contributed by atoms with Gasteiger partial charge in [0.05, 0.1) is 16.7 Å². The zero-order chi connectivity index (χ0) is 12.3. The van der Waals surface area contributed by atoms with E-state index >= 15 is 0 Å². The van der Waals surface area contributed by atoms with E-state index in [0.29, 0.717) is 12.0 Å².